The summed E-state index contributed by atoms with van der Waals surface area (Å²) in [6.45, 7) is 0. The van der Waals surface area contributed by atoms with Gasteiger partial charge in [0.2, 0.25) is 5.88 Å². The van der Waals surface area contributed by atoms with E-state index in [2.05, 4.69) is 10.3 Å². The Morgan fingerprint density at radius 1 is 1.24 bits per heavy atom. The Morgan fingerprint density at radius 3 is 2.52 bits per heavy atom. The number of rotatable bonds is 4. The number of methoxy groups -OCH3 is 1. The fourth-order valence-electron chi connectivity index (χ4n) is 1.61. The minimum absolute atomic E-state index is 0. The number of nitrogens with one attached hydrogen (secondary N) is 1. The Bertz CT molecular complexity index is 650. The Morgan fingerprint density at radius 2 is 1.95 bits per heavy atom. The van der Waals surface area contributed by atoms with Gasteiger partial charge in [-0.15, -0.1) is 0 Å². The van der Waals surface area contributed by atoms with Crippen LogP contribution in [-0.4, -0.2) is 29.1 Å². The number of hydrogen-bond acceptors (Lipinski definition) is 4. The molecule has 0 spiro atoms. The second-order valence-corrected chi connectivity index (χ2v) is 3.89. The zero-order chi connectivity index (χ0) is 14.5. The molecule has 21 heavy (non-hydrogen) atoms. The number of carbonyl (C=O) groups excluding carboxylic acids is 1. The second kappa shape index (κ2) is 7.78. The number of nitrogens with zero attached hydrogens (tertiary/aromatic N) is 1. The van der Waals surface area contributed by atoms with Gasteiger partial charge in [-0.25, -0.2) is 9.78 Å². The summed E-state index contributed by atoms with van der Waals surface area (Å²) in [4.78, 5) is 27.0. The van der Waals surface area contributed by atoms with Gasteiger partial charge in [-0.3, -0.25) is 4.79 Å². The number of carboxylic acid groups (broad SMARTS) is 1. The van der Waals surface area contributed by atoms with Gasteiger partial charge in [0.05, 0.1) is 23.9 Å². The van der Waals surface area contributed by atoms with E-state index < -0.39 is 11.9 Å². The molecule has 2 N–H and O–H groups in total. The molecular formula is C14H13N2NaO4. The molecule has 0 saturated heterocycles. The predicted octanol–water partition coefficient (Wildman–Crippen LogP) is -0.843. The van der Waals surface area contributed by atoms with Gasteiger partial charge >= 0.3 is 35.5 Å². The number of hydrogen-bond donors (Lipinski definition) is 2. The number of aromatic nitrogens is 1. The zero-order valence-corrected chi connectivity index (χ0v) is 13.7. The summed E-state index contributed by atoms with van der Waals surface area (Å²) in [5.74, 6) is -1.14. The van der Waals surface area contributed by atoms with Crippen LogP contribution >= 0.6 is 0 Å². The number of pyridine rings is 1. The van der Waals surface area contributed by atoms with E-state index >= 15 is 0 Å². The van der Waals surface area contributed by atoms with E-state index in [1.54, 1.807) is 24.3 Å². The average molecular weight is 296 g/mol. The van der Waals surface area contributed by atoms with E-state index in [-0.39, 0.29) is 42.2 Å². The summed E-state index contributed by atoms with van der Waals surface area (Å²) in [5.41, 5.74) is 0.578. The fourth-order valence-corrected chi connectivity index (χ4v) is 1.61. The summed E-state index contributed by atoms with van der Waals surface area (Å²) in [6, 6.07) is 9.29. The Kier molecular flexibility index (Phi) is 6.36. The molecule has 1 aromatic heterocycles. The molecule has 0 aliphatic heterocycles. The van der Waals surface area contributed by atoms with Crippen LogP contribution in [-0.2, 0) is 0 Å². The predicted molar refractivity (Wildman–Crippen MR) is 73.3 cm³/mol. The van der Waals surface area contributed by atoms with Gasteiger partial charge in [-0.1, -0.05) is 12.1 Å². The largest absolute Gasteiger partial charge is 1.00 e. The molecule has 0 unspecified atom stereocenters. The first-order valence-corrected chi connectivity index (χ1v) is 5.75. The van der Waals surface area contributed by atoms with Crippen molar-refractivity contribution in [3.63, 3.8) is 0 Å². The van der Waals surface area contributed by atoms with Gasteiger partial charge in [-0.2, -0.15) is 0 Å². The first-order valence-electron chi connectivity index (χ1n) is 5.75. The van der Waals surface area contributed by atoms with Gasteiger partial charge in [0, 0.05) is 12.3 Å². The standard InChI is InChI=1S/C14H12N2O4.Na.H/c1-20-12-7-6-9(8-15-12)13(17)16-11-5-3-2-4-10(11)14(18)19;;/h2-8H,1H3,(H,16,17)(H,18,19);;/q;+1;-1. The number of carbonyl (C=O) groups is 2. The van der Waals surface area contributed by atoms with E-state index in [4.69, 9.17) is 9.84 Å². The molecule has 6 nitrogen and oxygen atoms in total. The summed E-state index contributed by atoms with van der Waals surface area (Å²) < 4.78 is 4.90. The van der Waals surface area contributed by atoms with Gasteiger partial charge in [-0.05, 0) is 18.2 Å². The van der Waals surface area contributed by atoms with Crippen molar-refractivity contribution in [3.05, 3.63) is 53.7 Å². The average Bonchev–Trinajstić information content (AvgIpc) is 2.47. The summed E-state index contributed by atoms with van der Waals surface area (Å²) in [7, 11) is 1.48. The Balaban J connectivity index is 0.00000220. The summed E-state index contributed by atoms with van der Waals surface area (Å²) >= 11 is 0. The molecule has 0 fully saturated rings. The molecule has 0 radical (unpaired) electrons. The van der Waals surface area contributed by atoms with Crippen LogP contribution in [0.3, 0.4) is 0 Å². The molecule has 7 heteroatoms. The number of carboxylic acids is 1. The molecule has 104 valence electrons. The Hall–Kier alpha value is -1.89. The third kappa shape index (κ3) is 4.29. The van der Waals surface area contributed by atoms with Crippen LogP contribution in [0.15, 0.2) is 42.6 Å². The van der Waals surface area contributed by atoms with Crippen LogP contribution in [0.5, 0.6) is 5.88 Å². The number of aromatic carboxylic acids is 1. The normalized spacial score (nSPS) is 9.38. The van der Waals surface area contributed by atoms with Crippen molar-refractivity contribution in [1.29, 1.82) is 0 Å². The second-order valence-electron chi connectivity index (χ2n) is 3.89. The minimum Gasteiger partial charge on any atom is -1.00 e. The third-order valence-corrected chi connectivity index (χ3v) is 2.61. The van der Waals surface area contributed by atoms with E-state index in [1.165, 1.54) is 25.4 Å². The van der Waals surface area contributed by atoms with Crippen LogP contribution < -0.4 is 39.6 Å². The maximum atomic E-state index is 12.0. The molecule has 0 aliphatic carbocycles. The fraction of sp³-hybridized carbons (Fsp3) is 0.0714. The van der Waals surface area contributed by atoms with Crippen molar-refractivity contribution in [1.82, 2.24) is 4.98 Å². The minimum atomic E-state index is -1.10. The first-order chi connectivity index (χ1) is 9.61. The van der Waals surface area contributed by atoms with E-state index in [9.17, 15) is 9.59 Å². The van der Waals surface area contributed by atoms with E-state index in [0.29, 0.717) is 11.4 Å². The summed E-state index contributed by atoms with van der Waals surface area (Å²) in [6.07, 6.45) is 1.36. The quantitative estimate of drug-likeness (QED) is 0.718. The van der Waals surface area contributed by atoms with Crippen LogP contribution in [0.1, 0.15) is 22.1 Å². The molecule has 1 amide bonds. The molecule has 0 bridgehead atoms. The monoisotopic (exact) mass is 296 g/mol. The molecule has 1 aromatic carbocycles. The number of para-hydroxylation sites is 1. The summed E-state index contributed by atoms with van der Waals surface area (Å²) in [5, 5.41) is 11.6. The Labute approximate surface area is 144 Å². The SMILES string of the molecule is COc1ccc(C(=O)Nc2ccccc2C(=O)O)cn1.[H-].[Na+]. The number of anilines is 1. The molecule has 1 heterocycles. The van der Waals surface area contributed by atoms with Gasteiger partial charge < -0.3 is 16.6 Å². The van der Waals surface area contributed by atoms with Crippen molar-refractivity contribution in [2.45, 2.75) is 0 Å². The number of ether oxygens (including phenoxy) is 1. The van der Waals surface area contributed by atoms with Gasteiger partial charge in [0.15, 0.2) is 0 Å². The van der Waals surface area contributed by atoms with Crippen molar-refractivity contribution in [2.75, 3.05) is 12.4 Å². The van der Waals surface area contributed by atoms with Crippen LogP contribution in [0.25, 0.3) is 0 Å². The van der Waals surface area contributed by atoms with Crippen molar-refractivity contribution in [3.8, 4) is 5.88 Å². The molecule has 2 aromatic rings. The molecule has 0 aliphatic rings. The molecule has 2 rings (SSSR count). The maximum absolute atomic E-state index is 12.0. The zero-order valence-electron chi connectivity index (χ0n) is 12.7. The first kappa shape index (κ1) is 17.2. The van der Waals surface area contributed by atoms with Crippen molar-refractivity contribution >= 4 is 17.6 Å². The van der Waals surface area contributed by atoms with Crippen molar-refractivity contribution < 1.29 is 50.4 Å². The van der Waals surface area contributed by atoms with Crippen LogP contribution in [0.2, 0.25) is 0 Å². The third-order valence-electron chi connectivity index (χ3n) is 2.61. The smallest absolute Gasteiger partial charge is 1.00 e. The topological polar surface area (TPSA) is 88.5 Å². The number of amides is 1. The maximum Gasteiger partial charge on any atom is 1.00 e. The van der Waals surface area contributed by atoms with Crippen LogP contribution in [0, 0.1) is 0 Å². The van der Waals surface area contributed by atoms with E-state index in [0.717, 1.165) is 0 Å². The molecular weight excluding hydrogens is 283 g/mol. The molecule has 0 atom stereocenters. The molecule has 0 saturated carbocycles. The number of benzene rings is 1. The van der Waals surface area contributed by atoms with Gasteiger partial charge in [0.25, 0.3) is 5.91 Å². The van der Waals surface area contributed by atoms with Gasteiger partial charge in [0.1, 0.15) is 0 Å². The van der Waals surface area contributed by atoms with E-state index in [1.807, 2.05) is 0 Å². The van der Waals surface area contributed by atoms with Crippen molar-refractivity contribution in [2.24, 2.45) is 0 Å². The van der Waals surface area contributed by atoms with Crippen LogP contribution in [0.4, 0.5) is 5.69 Å².